The van der Waals surface area contributed by atoms with Crippen molar-refractivity contribution in [1.82, 2.24) is 10.3 Å². The Bertz CT molecular complexity index is 663. The lowest BCUT2D eigenvalue weighted by Crippen LogP contribution is -2.18. The summed E-state index contributed by atoms with van der Waals surface area (Å²) in [5.41, 5.74) is 6.87. The van der Waals surface area contributed by atoms with Gasteiger partial charge in [-0.25, -0.2) is 4.98 Å². The van der Waals surface area contributed by atoms with Gasteiger partial charge < -0.3 is 10.6 Å². The molecular formula is C19H25N3. The molecule has 1 aromatic rings. The number of nitrogens with zero attached hydrogens (tertiary/aromatic N) is 1. The third kappa shape index (κ3) is 3.48. The standard InChI is InChI=1S/C19H25N3/c1-7-17-16(8-9-20-19(17)21-12(2)3)11-18-13(4)10-14(5)22-15(18)6/h7-10,12,22H,1,6,11H2,2-5H3,(H,20,21). The molecule has 0 aromatic carbocycles. The van der Waals surface area contributed by atoms with E-state index in [4.69, 9.17) is 0 Å². The van der Waals surface area contributed by atoms with Gasteiger partial charge >= 0.3 is 0 Å². The predicted octanol–water partition coefficient (Wildman–Crippen LogP) is 4.42. The first kappa shape index (κ1) is 16.1. The Balaban J connectivity index is 2.40. The van der Waals surface area contributed by atoms with Crippen LogP contribution in [0.25, 0.3) is 6.08 Å². The average Bonchev–Trinajstić information content (AvgIpc) is 2.42. The van der Waals surface area contributed by atoms with Crippen molar-refractivity contribution in [2.75, 3.05) is 5.32 Å². The Morgan fingerprint density at radius 3 is 2.68 bits per heavy atom. The van der Waals surface area contributed by atoms with Crippen molar-refractivity contribution in [2.45, 2.75) is 40.2 Å². The van der Waals surface area contributed by atoms with E-state index in [1.807, 2.05) is 12.3 Å². The lowest BCUT2D eigenvalue weighted by atomic mass is 9.93. The number of anilines is 1. The molecule has 0 radical (unpaired) electrons. The molecule has 0 bridgehead atoms. The van der Waals surface area contributed by atoms with Crippen LogP contribution >= 0.6 is 0 Å². The van der Waals surface area contributed by atoms with Gasteiger partial charge in [0.05, 0.1) is 0 Å². The van der Waals surface area contributed by atoms with E-state index in [2.05, 4.69) is 68.6 Å². The van der Waals surface area contributed by atoms with Crippen LogP contribution in [0, 0.1) is 0 Å². The van der Waals surface area contributed by atoms with Gasteiger partial charge in [-0.05, 0) is 56.5 Å². The molecule has 1 aliphatic heterocycles. The van der Waals surface area contributed by atoms with Crippen LogP contribution in [0.2, 0.25) is 0 Å². The minimum absolute atomic E-state index is 0.333. The zero-order chi connectivity index (χ0) is 16.3. The van der Waals surface area contributed by atoms with Gasteiger partial charge in [0.15, 0.2) is 0 Å². The van der Waals surface area contributed by atoms with Gasteiger partial charge in [0.2, 0.25) is 0 Å². The second-order valence-corrected chi connectivity index (χ2v) is 6.00. The van der Waals surface area contributed by atoms with E-state index in [0.29, 0.717) is 6.04 Å². The molecule has 22 heavy (non-hydrogen) atoms. The molecule has 3 nitrogen and oxygen atoms in total. The summed E-state index contributed by atoms with van der Waals surface area (Å²) in [6, 6.07) is 2.39. The molecule has 2 rings (SSSR count). The van der Waals surface area contributed by atoms with Crippen LogP contribution in [0.4, 0.5) is 5.82 Å². The van der Waals surface area contributed by atoms with E-state index in [0.717, 1.165) is 29.2 Å². The summed E-state index contributed by atoms with van der Waals surface area (Å²) in [5.74, 6) is 0.891. The smallest absolute Gasteiger partial charge is 0.133 e. The highest BCUT2D eigenvalue weighted by Crippen LogP contribution is 2.27. The first-order valence-corrected chi connectivity index (χ1v) is 7.63. The van der Waals surface area contributed by atoms with Crippen molar-refractivity contribution in [3.63, 3.8) is 0 Å². The maximum atomic E-state index is 4.45. The fraction of sp³-hybridized carbons (Fsp3) is 0.316. The number of hydrogen-bond acceptors (Lipinski definition) is 3. The molecule has 0 atom stereocenters. The van der Waals surface area contributed by atoms with Gasteiger partial charge in [-0.1, -0.05) is 19.2 Å². The van der Waals surface area contributed by atoms with Crippen molar-refractivity contribution >= 4 is 11.9 Å². The zero-order valence-corrected chi connectivity index (χ0v) is 14.0. The maximum absolute atomic E-state index is 4.45. The van der Waals surface area contributed by atoms with Crippen LogP contribution in [-0.2, 0) is 6.42 Å². The monoisotopic (exact) mass is 295 g/mol. The topological polar surface area (TPSA) is 37.0 Å². The average molecular weight is 295 g/mol. The third-order valence-corrected chi connectivity index (χ3v) is 3.70. The van der Waals surface area contributed by atoms with E-state index in [-0.39, 0.29) is 0 Å². The SMILES string of the molecule is C=Cc1c(CC2=C(C)C=C(C)NC2=C)ccnc1NC(C)C. The summed E-state index contributed by atoms with van der Waals surface area (Å²) < 4.78 is 0. The predicted molar refractivity (Wildman–Crippen MR) is 95.5 cm³/mol. The van der Waals surface area contributed by atoms with E-state index in [1.165, 1.54) is 16.7 Å². The summed E-state index contributed by atoms with van der Waals surface area (Å²) in [4.78, 5) is 4.45. The summed E-state index contributed by atoms with van der Waals surface area (Å²) in [6.45, 7) is 16.5. The van der Waals surface area contributed by atoms with Crippen LogP contribution in [0.1, 0.15) is 38.8 Å². The minimum Gasteiger partial charge on any atom is -0.367 e. The van der Waals surface area contributed by atoms with Gasteiger partial charge in [-0.3, -0.25) is 0 Å². The van der Waals surface area contributed by atoms with Crippen LogP contribution in [0.3, 0.4) is 0 Å². The third-order valence-electron chi connectivity index (χ3n) is 3.70. The van der Waals surface area contributed by atoms with Crippen LogP contribution < -0.4 is 10.6 Å². The highest BCUT2D eigenvalue weighted by Gasteiger charge is 2.15. The molecule has 2 heterocycles. The quantitative estimate of drug-likeness (QED) is 0.844. The number of dihydropyridines is 1. The van der Waals surface area contributed by atoms with Crippen LogP contribution in [-0.4, -0.2) is 11.0 Å². The Morgan fingerprint density at radius 1 is 1.36 bits per heavy atom. The molecule has 0 unspecified atom stereocenters. The second kappa shape index (κ2) is 6.65. The summed E-state index contributed by atoms with van der Waals surface area (Å²) in [6.07, 6.45) is 6.70. The Kier molecular flexibility index (Phi) is 4.86. The van der Waals surface area contributed by atoms with Crippen molar-refractivity contribution in [2.24, 2.45) is 0 Å². The van der Waals surface area contributed by atoms with Crippen molar-refractivity contribution < 1.29 is 0 Å². The second-order valence-electron chi connectivity index (χ2n) is 6.00. The van der Waals surface area contributed by atoms with E-state index in [9.17, 15) is 0 Å². The molecule has 2 N–H and O–H groups in total. The molecule has 0 saturated carbocycles. The van der Waals surface area contributed by atoms with Gasteiger partial charge in [0.25, 0.3) is 0 Å². The first-order chi connectivity index (χ1) is 10.4. The number of aromatic nitrogens is 1. The fourth-order valence-corrected chi connectivity index (χ4v) is 2.72. The molecular weight excluding hydrogens is 270 g/mol. The van der Waals surface area contributed by atoms with Crippen molar-refractivity contribution in [1.29, 1.82) is 0 Å². The number of hydrogen-bond donors (Lipinski definition) is 2. The molecule has 3 heteroatoms. The molecule has 1 aromatic heterocycles. The molecule has 0 aliphatic carbocycles. The van der Waals surface area contributed by atoms with Gasteiger partial charge in [-0.2, -0.15) is 0 Å². The molecule has 116 valence electrons. The van der Waals surface area contributed by atoms with Crippen LogP contribution in [0.5, 0.6) is 0 Å². The Morgan fingerprint density at radius 2 is 2.09 bits per heavy atom. The fourth-order valence-electron chi connectivity index (χ4n) is 2.72. The van der Waals surface area contributed by atoms with Crippen LogP contribution in [0.15, 0.2) is 54.0 Å². The zero-order valence-electron chi connectivity index (χ0n) is 14.0. The molecule has 0 saturated heterocycles. The van der Waals surface area contributed by atoms with E-state index in [1.54, 1.807) is 0 Å². The van der Waals surface area contributed by atoms with E-state index < -0.39 is 0 Å². The summed E-state index contributed by atoms with van der Waals surface area (Å²) in [5, 5.41) is 6.70. The van der Waals surface area contributed by atoms with E-state index >= 15 is 0 Å². The maximum Gasteiger partial charge on any atom is 0.133 e. The number of allylic oxidation sites excluding steroid dienone is 4. The number of nitrogens with one attached hydrogen (secondary N) is 2. The van der Waals surface area contributed by atoms with Gasteiger partial charge in [-0.15, -0.1) is 0 Å². The largest absolute Gasteiger partial charge is 0.367 e. The molecule has 0 fully saturated rings. The van der Waals surface area contributed by atoms with Gasteiger partial charge in [0, 0.05) is 35.6 Å². The lowest BCUT2D eigenvalue weighted by Gasteiger charge is -2.22. The summed E-state index contributed by atoms with van der Waals surface area (Å²) in [7, 11) is 0. The molecule has 0 spiro atoms. The Hall–Kier alpha value is -2.29. The Labute approximate surface area is 133 Å². The normalized spacial score (nSPS) is 14.8. The highest BCUT2D eigenvalue weighted by atomic mass is 15.0. The molecule has 1 aliphatic rings. The van der Waals surface area contributed by atoms with Crippen molar-refractivity contribution in [3.8, 4) is 0 Å². The minimum atomic E-state index is 0.333. The number of rotatable bonds is 5. The lowest BCUT2D eigenvalue weighted by molar-refractivity contribution is 0.884. The summed E-state index contributed by atoms with van der Waals surface area (Å²) >= 11 is 0. The first-order valence-electron chi connectivity index (χ1n) is 7.63. The van der Waals surface area contributed by atoms with Gasteiger partial charge in [0.1, 0.15) is 5.82 Å². The number of pyridine rings is 1. The highest BCUT2D eigenvalue weighted by molar-refractivity contribution is 5.66. The molecule has 0 amide bonds. The van der Waals surface area contributed by atoms with Crippen molar-refractivity contribution in [3.05, 3.63) is 65.2 Å².